The largest absolute Gasteiger partial charge is 0.508 e. The van der Waals surface area contributed by atoms with Crippen molar-refractivity contribution < 1.29 is 78.9 Å². The fourth-order valence-corrected chi connectivity index (χ4v) is 15.3. The maximum Gasteiger partial charge on any atom is 0.245 e. The van der Waals surface area contributed by atoms with Crippen LogP contribution in [0.25, 0.3) is 11.0 Å². The molecule has 1 aliphatic heterocycles. The Balaban J connectivity index is 1.03. The van der Waals surface area contributed by atoms with Crippen LogP contribution in [0.5, 0.6) is 5.75 Å². The number of nitrogens with two attached hydrogens (primary N) is 2. The van der Waals surface area contributed by atoms with Crippen LogP contribution >= 0.6 is 23.5 Å². The molecule has 600 valence electrons. The molecule has 22 N–H and O–H groups in total. The monoisotopic (exact) mass is 1550 g/mol. The van der Waals surface area contributed by atoms with Crippen molar-refractivity contribution in [3.63, 3.8) is 0 Å². The highest BCUT2D eigenvalue weighted by Crippen LogP contribution is 2.29. The van der Waals surface area contributed by atoms with Gasteiger partial charge in [0.15, 0.2) is 0 Å². The van der Waals surface area contributed by atoms with Crippen molar-refractivity contribution in [2.45, 2.75) is 254 Å². The molecule has 3 heterocycles. The van der Waals surface area contributed by atoms with Crippen molar-refractivity contribution in [1.82, 2.24) is 68.0 Å². The van der Waals surface area contributed by atoms with E-state index in [4.69, 9.17) is 11.5 Å². The van der Waals surface area contributed by atoms with Gasteiger partial charge in [-0.05, 0) is 137 Å². The lowest BCUT2D eigenvalue weighted by Gasteiger charge is -2.36. The van der Waals surface area contributed by atoms with Crippen molar-refractivity contribution in [2.75, 3.05) is 25.1 Å². The molecule has 6 unspecified atom stereocenters. The minimum Gasteiger partial charge on any atom is -0.508 e. The highest BCUT2D eigenvalue weighted by molar-refractivity contribution is 7.98. The molecule has 1 aliphatic carbocycles. The third kappa shape index (κ3) is 27.5. The highest BCUT2D eigenvalue weighted by Gasteiger charge is 2.45. The van der Waals surface area contributed by atoms with E-state index >= 15 is 0 Å². The van der Waals surface area contributed by atoms with Crippen LogP contribution in [0.15, 0.2) is 73.1 Å². The fourth-order valence-electron chi connectivity index (χ4n) is 13.4. The highest BCUT2D eigenvalue weighted by atomic mass is 32.2. The number of aromatic nitrogens is 2. The molecule has 4 aromatic rings. The van der Waals surface area contributed by atoms with Crippen LogP contribution in [0.1, 0.15) is 149 Å². The summed E-state index contributed by atoms with van der Waals surface area (Å²) in [5, 5.41) is 104. The molecule has 0 spiro atoms. The van der Waals surface area contributed by atoms with Crippen molar-refractivity contribution in [2.24, 2.45) is 28.7 Å². The fraction of sp³-hybridized carbons (Fsp3) is 0.627. The number of aromatic hydroxyl groups is 1. The lowest BCUT2D eigenvalue weighted by atomic mass is 9.83. The van der Waals surface area contributed by atoms with E-state index in [0.29, 0.717) is 65.1 Å². The van der Waals surface area contributed by atoms with Gasteiger partial charge < -0.3 is 94.3 Å². The molecule has 33 heteroatoms. The number of aliphatic hydroxyl groups excluding tert-OH is 6. The number of likely N-dealkylation sites (tertiary alicyclic amines) is 1. The van der Waals surface area contributed by atoms with E-state index in [2.05, 4.69) is 63.1 Å². The van der Waals surface area contributed by atoms with Gasteiger partial charge in [0, 0.05) is 66.2 Å². The van der Waals surface area contributed by atoms with E-state index in [1.807, 2.05) is 31.2 Å². The Morgan fingerprint density at radius 2 is 1.31 bits per heavy atom. The number of H-pyrrole nitrogens is 1. The number of aromatic amines is 1. The zero-order chi connectivity index (χ0) is 79.7. The lowest BCUT2D eigenvalue weighted by molar-refractivity contribution is -0.142. The Labute approximate surface area is 640 Å². The van der Waals surface area contributed by atoms with E-state index in [-0.39, 0.29) is 56.1 Å². The van der Waals surface area contributed by atoms with Crippen LogP contribution in [0.3, 0.4) is 0 Å². The number of primary amides is 1. The van der Waals surface area contributed by atoms with Gasteiger partial charge in [0.2, 0.25) is 53.2 Å². The van der Waals surface area contributed by atoms with Gasteiger partial charge >= 0.3 is 0 Å². The van der Waals surface area contributed by atoms with Crippen LogP contribution in [0.2, 0.25) is 0 Å². The maximum absolute atomic E-state index is 14.9. The van der Waals surface area contributed by atoms with Crippen molar-refractivity contribution >= 4 is 87.7 Å². The molecule has 2 fully saturated rings. The average Bonchev–Trinajstić information content (AvgIpc) is 1.65. The van der Waals surface area contributed by atoms with E-state index in [9.17, 15) is 78.9 Å². The second-order valence-electron chi connectivity index (χ2n) is 29.9. The SMILES string of the molecule is CCCC(NC(=O)[C@H](Cc1c[nH]c2ncccc12)NC(=O)[C@@H](NC(O)[C@@H]1C[C@@H](N)CN1C(=O)[C@H](C[C@H](C)C(C)O)NC(=O)[C@@H](NC(=O)CCSCc1cccc(CSC[C@H](NC(=O)C(NC(=O)[C@@H](NC(=O)[C@H](Cc2ccc(O)cc2)NC(C)O)C2CCCCC2)[C@@H](C)O)C(N)=O)c1)C(C)(C)C)[C@@H](C)O)C(O)NC. The summed E-state index contributed by atoms with van der Waals surface area (Å²) in [4.78, 5) is 135. The van der Waals surface area contributed by atoms with E-state index in [0.717, 1.165) is 30.4 Å². The molecule has 108 heavy (non-hydrogen) atoms. The van der Waals surface area contributed by atoms with Crippen LogP contribution in [0.4, 0.5) is 0 Å². The zero-order valence-electron chi connectivity index (χ0n) is 63.6. The minimum absolute atomic E-state index is 0.00451. The van der Waals surface area contributed by atoms with Gasteiger partial charge in [-0.1, -0.05) is 96.7 Å². The summed E-state index contributed by atoms with van der Waals surface area (Å²) in [5.74, 6) is -5.94. The Hall–Kier alpha value is -7.54. The number of carbonyl (C=O) groups excluding carboxylic acids is 9. The third-order valence-corrected chi connectivity index (χ3v) is 21.8. The molecule has 31 nitrogen and oxygen atoms in total. The van der Waals surface area contributed by atoms with Crippen LogP contribution in [0, 0.1) is 17.3 Å². The van der Waals surface area contributed by atoms with Gasteiger partial charge in [0.25, 0.3) is 0 Å². The van der Waals surface area contributed by atoms with Gasteiger partial charge in [-0.15, -0.1) is 0 Å². The Kier molecular flexibility index (Phi) is 35.7. The number of thioether (sulfide) groups is 2. The van der Waals surface area contributed by atoms with Gasteiger partial charge in [-0.25, -0.2) is 4.98 Å². The number of phenolic OH excluding ortho intramolecular Hbond substituents is 1. The molecular weight excluding hydrogens is 1430 g/mol. The molecule has 6 rings (SSSR count). The smallest absolute Gasteiger partial charge is 0.245 e. The van der Waals surface area contributed by atoms with Crippen molar-refractivity contribution in [1.29, 1.82) is 0 Å². The van der Waals surface area contributed by atoms with E-state index in [1.54, 1.807) is 71.3 Å². The van der Waals surface area contributed by atoms with Crippen molar-refractivity contribution in [3.8, 4) is 5.75 Å². The van der Waals surface area contributed by atoms with Gasteiger partial charge in [-0.2, -0.15) is 23.5 Å². The lowest BCUT2D eigenvalue weighted by Crippen LogP contribution is -2.63. The molecule has 2 aromatic heterocycles. The summed E-state index contributed by atoms with van der Waals surface area (Å²) in [5.41, 5.74) is 15.0. The molecular formula is C75H117N15O16S2. The number of likely N-dealkylation sites (N-methyl/N-ethyl adjacent to an activating group) is 1. The molecule has 0 bridgehead atoms. The minimum atomic E-state index is -1.71. The molecule has 2 aromatic carbocycles. The Bertz CT molecular complexity index is 3580. The number of nitrogens with zero attached hydrogens (tertiary/aromatic N) is 2. The number of rotatable bonds is 43. The summed E-state index contributed by atoms with van der Waals surface area (Å²) in [7, 11) is 1.54. The number of benzene rings is 2. The summed E-state index contributed by atoms with van der Waals surface area (Å²) in [6, 6.07) is 4.61. The second kappa shape index (κ2) is 43.2. The number of nitrogens with one attached hydrogen (secondary N) is 11. The first-order chi connectivity index (χ1) is 51.1. The zero-order valence-corrected chi connectivity index (χ0v) is 65.2. The second-order valence-corrected chi connectivity index (χ2v) is 32.0. The normalized spacial score (nSPS) is 19.4. The molecule has 2 aliphatic rings. The van der Waals surface area contributed by atoms with Gasteiger partial charge in [-0.3, -0.25) is 59.1 Å². The summed E-state index contributed by atoms with van der Waals surface area (Å²) in [6.45, 7) is 14.4. The number of hydrogen-bond donors (Lipinski definition) is 20. The van der Waals surface area contributed by atoms with Gasteiger partial charge in [0.1, 0.15) is 72.4 Å². The standard InChI is InChI=1S/C75H117N15O16S2/c1-11-17-53(66(98)78-10)82-67(99)55(33-49-35-80-65-52(49)22-16-28-79-65)83-70(102)60(42(4)92)87-69(101)58-34-50(76)36-90(58)74(106)56(30-40(2)41(3)91)84-73(105)63(75(7,8)9)86-59(96)27-29-107-37-46-18-15-19-47(31-46)38-108-39-57(64(77)97)85-71(103)61(43(5)93)88-72(104)62(48-20-13-12-14-21-48)89-68(100)54(81-44(6)94)32-45-23-25-51(95)26-24-45/h15-16,18-19,22-26,28,31,35,40-44,48,50,53-58,60-63,66,69,78,81,87,91-95,98,101H,11-14,17,20-21,27,29-30,32-34,36-39,76H2,1-10H3,(H2,77,97)(H,79,80)(H,82,99)(H,83,102)(H,84,105)(H,85,103)(H,86,96)(H,88,104)(H,89,100)/t40-,41?,42+,43+,44?,50+,53?,54-,55-,56-,57-,58-,60-,61?,62-,63+,66?,69?/m0/s1. The number of amides is 9. The molecule has 0 radical (unpaired) electrons. The molecule has 9 amide bonds. The summed E-state index contributed by atoms with van der Waals surface area (Å²) < 4.78 is 0. The van der Waals surface area contributed by atoms with E-state index in [1.165, 1.54) is 68.4 Å². The number of hydrogen-bond acceptors (Lipinski definition) is 23. The number of phenols is 1. The predicted octanol–water partition coefficient (Wildman–Crippen LogP) is 0.123. The maximum atomic E-state index is 14.9. The van der Waals surface area contributed by atoms with Crippen LogP contribution in [-0.2, 0) is 67.5 Å². The van der Waals surface area contributed by atoms with E-state index < -0.39 is 168 Å². The molecule has 1 saturated carbocycles. The first-order valence-corrected chi connectivity index (χ1v) is 39.6. The topological polar surface area (TPSA) is 499 Å². The summed E-state index contributed by atoms with van der Waals surface area (Å²) >= 11 is 2.77. The predicted molar refractivity (Wildman–Crippen MR) is 412 cm³/mol. The number of carbonyl (C=O) groups is 9. The Morgan fingerprint density at radius 1 is 0.676 bits per heavy atom. The first-order valence-electron chi connectivity index (χ1n) is 37.3. The summed E-state index contributed by atoms with van der Waals surface area (Å²) in [6.07, 6.45) is 0.260. The number of fused-ring (bicyclic) bond motifs is 1. The first kappa shape index (κ1) is 89.4. The van der Waals surface area contributed by atoms with Crippen LogP contribution in [-0.4, -0.2) is 232 Å². The third-order valence-electron chi connectivity index (χ3n) is 19.7. The Morgan fingerprint density at radius 3 is 1.92 bits per heavy atom. The molecule has 18 atom stereocenters. The quantitative estimate of drug-likeness (QED) is 0.0207. The number of aliphatic hydroxyl groups is 6. The van der Waals surface area contributed by atoms with Crippen molar-refractivity contribution in [3.05, 3.63) is 95.3 Å². The molecule has 1 saturated heterocycles. The number of pyridine rings is 1. The van der Waals surface area contributed by atoms with Crippen LogP contribution < -0.4 is 64.6 Å². The average molecular weight is 1550 g/mol. The van der Waals surface area contributed by atoms with Gasteiger partial charge in [0.05, 0.1) is 36.4 Å².